The Balaban J connectivity index is 1.95. The highest BCUT2D eigenvalue weighted by Crippen LogP contribution is 2.34. The van der Waals surface area contributed by atoms with Crippen molar-refractivity contribution in [2.45, 2.75) is 47.9 Å². The molecule has 0 bridgehead atoms. The largest absolute Gasteiger partial charge is 0.355 e. The van der Waals surface area contributed by atoms with Gasteiger partial charge in [0, 0.05) is 24.9 Å². The van der Waals surface area contributed by atoms with Crippen LogP contribution in [-0.2, 0) is 22.9 Å². The van der Waals surface area contributed by atoms with E-state index < -0.39 is 10.7 Å². The van der Waals surface area contributed by atoms with Crippen molar-refractivity contribution in [3.05, 3.63) is 46.5 Å². The Morgan fingerprint density at radius 1 is 1.17 bits per heavy atom. The molecule has 2 aromatic rings. The minimum absolute atomic E-state index is 0.164. The highest BCUT2D eigenvalue weighted by atomic mass is 32.2. The molecule has 2 heterocycles. The molecule has 1 aliphatic heterocycles. The van der Waals surface area contributed by atoms with Crippen molar-refractivity contribution in [1.82, 2.24) is 4.98 Å². The van der Waals surface area contributed by atoms with Crippen LogP contribution in [0.4, 0.5) is 5.82 Å². The molecule has 156 valence electrons. The Kier molecular flexibility index (Phi) is 7.33. The molecule has 1 saturated heterocycles. The second kappa shape index (κ2) is 9.94. The van der Waals surface area contributed by atoms with Gasteiger partial charge in [0.2, 0.25) is 0 Å². The van der Waals surface area contributed by atoms with E-state index in [4.69, 9.17) is 10.7 Å². The molecular weight excluding hydrogens is 418 g/mol. The van der Waals surface area contributed by atoms with E-state index in [2.05, 4.69) is 17.0 Å². The van der Waals surface area contributed by atoms with Gasteiger partial charge in [-0.3, -0.25) is 0 Å². The van der Waals surface area contributed by atoms with Gasteiger partial charge in [-0.1, -0.05) is 19.1 Å². The molecule has 0 spiro atoms. The second-order valence-corrected chi connectivity index (χ2v) is 9.08. The second-order valence-electron chi connectivity index (χ2n) is 7.08. The summed E-state index contributed by atoms with van der Waals surface area (Å²) in [6.07, 6.45) is 2.24. The Morgan fingerprint density at radius 2 is 1.80 bits per heavy atom. The molecule has 30 heavy (non-hydrogen) atoms. The number of hydrogen-bond donors (Lipinski definition) is 2. The molecule has 1 aromatic carbocycles. The van der Waals surface area contributed by atoms with Crippen molar-refractivity contribution in [3.8, 4) is 12.1 Å². The number of piperidine rings is 1. The maximum Gasteiger partial charge on any atom is 0.168 e. The summed E-state index contributed by atoms with van der Waals surface area (Å²) in [5.41, 5.74) is 8.58. The Bertz CT molecular complexity index is 1070. The highest BCUT2D eigenvalue weighted by molar-refractivity contribution is 7.98. The summed E-state index contributed by atoms with van der Waals surface area (Å²) in [7, 11) is -2.60. The molecule has 1 fully saturated rings. The zero-order chi connectivity index (χ0) is 21.7. The number of benzene rings is 1. The molecular formula is C21H23N5O2S2. The summed E-state index contributed by atoms with van der Waals surface area (Å²) in [6, 6.07) is 11.3. The van der Waals surface area contributed by atoms with Gasteiger partial charge >= 0.3 is 0 Å². The first-order valence-electron chi connectivity index (χ1n) is 9.72. The number of nitriles is 2. The summed E-state index contributed by atoms with van der Waals surface area (Å²) in [6.45, 7) is 3.40. The fourth-order valence-electron chi connectivity index (χ4n) is 3.49. The lowest BCUT2D eigenvalue weighted by Gasteiger charge is -2.32. The third-order valence-corrected chi connectivity index (χ3v) is 6.95. The number of rotatable bonds is 6. The van der Waals surface area contributed by atoms with E-state index in [1.54, 1.807) is 24.3 Å². The van der Waals surface area contributed by atoms with Crippen LogP contribution >= 0.6 is 11.8 Å². The number of pyridine rings is 1. The van der Waals surface area contributed by atoms with Crippen molar-refractivity contribution in [1.29, 1.82) is 10.5 Å². The number of nitrogens with zero attached hydrogens (tertiary/aromatic N) is 4. The summed E-state index contributed by atoms with van der Waals surface area (Å²) >= 11 is 1.42. The quantitative estimate of drug-likeness (QED) is 0.518. The molecule has 0 saturated carbocycles. The van der Waals surface area contributed by atoms with Gasteiger partial charge in [-0.15, -0.1) is 11.8 Å². The van der Waals surface area contributed by atoms with Crippen LogP contribution in [0.5, 0.6) is 0 Å². The Morgan fingerprint density at radius 3 is 2.33 bits per heavy atom. The number of aromatic nitrogens is 1. The van der Waals surface area contributed by atoms with Crippen molar-refractivity contribution >= 4 is 28.3 Å². The number of hydrogen-bond acceptors (Lipinski definition) is 8. The van der Waals surface area contributed by atoms with Gasteiger partial charge in [-0.25, -0.2) is 13.4 Å². The van der Waals surface area contributed by atoms with Gasteiger partial charge in [0.25, 0.3) is 0 Å². The molecule has 0 amide bonds. The lowest BCUT2D eigenvalue weighted by molar-refractivity contribution is 0.497. The zero-order valence-electron chi connectivity index (χ0n) is 16.7. The standard InChI is InChI=1S/C21H23N5O2S2/c1-2-17-18(11-22)20(26-9-7-15(24)8-10-26)25-21(19(17)12-23)29-13-14-3-5-16(6-4-14)30(27)28/h3-6,15,30H,2,7-10,13,24H2,1H3. The third kappa shape index (κ3) is 4.76. The summed E-state index contributed by atoms with van der Waals surface area (Å²) in [5, 5.41) is 20.2. The van der Waals surface area contributed by atoms with Gasteiger partial charge in [0.15, 0.2) is 10.7 Å². The van der Waals surface area contributed by atoms with E-state index >= 15 is 0 Å². The molecule has 1 aromatic heterocycles. The first-order chi connectivity index (χ1) is 14.5. The number of nitrogens with two attached hydrogens (primary N) is 1. The van der Waals surface area contributed by atoms with Crippen LogP contribution in [0.25, 0.3) is 0 Å². The van der Waals surface area contributed by atoms with Gasteiger partial charge in [0.05, 0.1) is 16.0 Å². The van der Waals surface area contributed by atoms with Gasteiger partial charge in [-0.2, -0.15) is 10.5 Å². The Labute approximate surface area is 182 Å². The van der Waals surface area contributed by atoms with Crippen LogP contribution in [0.2, 0.25) is 0 Å². The average Bonchev–Trinajstić information content (AvgIpc) is 2.77. The fraction of sp³-hybridized carbons (Fsp3) is 0.381. The van der Waals surface area contributed by atoms with Crippen LogP contribution in [-0.4, -0.2) is 32.5 Å². The van der Waals surface area contributed by atoms with E-state index in [9.17, 15) is 18.9 Å². The van der Waals surface area contributed by atoms with Crippen LogP contribution in [0.15, 0.2) is 34.2 Å². The number of thiol groups is 1. The molecule has 0 atom stereocenters. The fourth-order valence-corrected chi connectivity index (χ4v) is 4.85. The molecule has 1 aliphatic rings. The summed E-state index contributed by atoms with van der Waals surface area (Å²) in [5.74, 6) is 1.17. The highest BCUT2D eigenvalue weighted by Gasteiger charge is 2.25. The minimum Gasteiger partial charge on any atom is -0.355 e. The zero-order valence-corrected chi connectivity index (χ0v) is 18.4. The van der Waals surface area contributed by atoms with E-state index in [-0.39, 0.29) is 10.9 Å². The smallest absolute Gasteiger partial charge is 0.168 e. The molecule has 7 nitrogen and oxygen atoms in total. The van der Waals surface area contributed by atoms with Crippen molar-refractivity contribution in [3.63, 3.8) is 0 Å². The molecule has 2 N–H and O–H groups in total. The van der Waals surface area contributed by atoms with E-state index in [0.29, 0.717) is 34.1 Å². The lowest BCUT2D eigenvalue weighted by Crippen LogP contribution is -2.40. The Hall–Kier alpha value is -2.59. The van der Waals surface area contributed by atoms with E-state index in [1.165, 1.54) is 11.8 Å². The van der Waals surface area contributed by atoms with Crippen molar-refractivity contribution in [2.24, 2.45) is 5.73 Å². The average molecular weight is 442 g/mol. The van der Waals surface area contributed by atoms with Crippen LogP contribution in [0.1, 0.15) is 42.0 Å². The third-order valence-electron chi connectivity index (χ3n) is 5.19. The summed E-state index contributed by atoms with van der Waals surface area (Å²) in [4.78, 5) is 7.10. The normalized spacial score (nSPS) is 14.5. The van der Waals surface area contributed by atoms with Gasteiger partial charge in [0.1, 0.15) is 23.0 Å². The minimum atomic E-state index is -2.60. The molecule has 0 aliphatic carbocycles. The van der Waals surface area contributed by atoms with E-state index in [1.807, 2.05) is 6.92 Å². The number of anilines is 1. The van der Waals surface area contributed by atoms with Crippen LogP contribution in [0, 0.1) is 22.7 Å². The molecule has 0 unspecified atom stereocenters. The molecule has 3 rings (SSSR count). The maximum atomic E-state index is 11.1. The maximum absolute atomic E-state index is 11.1. The van der Waals surface area contributed by atoms with E-state index in [0.717, 1.165) is 37.1 Å². The molecule has 9 heteroatoms. The van der Waals surface area contributed by atoms with Gasteiger partial charge < -0.3 is 10.6 Å². The SMILES string of the molecule is CCc1c(C#N)c(SCc2ccc([SH](=O)=O)cc2)nc(N2CCC(N)CC2)c1C#N. The number of thioether (sulfide) groups is 1. The van der Waals surface area contributed by atoms with Crippen molar-refractivity contribution < 1.29 is 8.42 Å². The van der Waals surface area contributed by atoms with Crippen LogP contribution in [0.3, 0.4) is 0 Å². The molecule has 0 radical (unpaired) electrons. The monoisotopic (exact) mass is 441 g/mol. The predicted molar refractivity (Wildman–Crippen MR) is 117 cm³/mol. The predicted octanol–water partition coefficient (Wildman–Crippen LogP) is 2.58. The summed E-state index contributed by atoms with van der Waals surface area (Å²) < 4.78 is 22.1. The van der Waals surface area contributed by atoms with Crippen molar-refractivity contribution in [2.75, 3.05) is 18.0 Å². The first kappa shape index (κ1) is 22.1. The lowest BCUT2D eigenvalue weighted by atomic mass is 10.00. The topological polar surface area (TPSA) is 124 Å². The first-order valence-corrected chi connectivity index (χ1v) is 11.9. The van der Waals surface area contributed by atoms with Gasteiger partial charge in [-0.05, 0) is 42.5 Å². The van der Waals surface area contributed by atoms with Crippen LogP contribution < -0.4 is 10.6 Å².